The second kappa shape index (κ2) is 6.19. The maximum atomic E-state index is 14.3. The molecule has 0 atom stereocenters. The van der Waals surface area contributed by atoms with E-state index in [0.29, 0.717) is 5.56 Å². The second-order valence-electron chi connectivity index (χ2n) is 5.27. The van der Waals surface area contributed by atoms with Crippen LogP contribution in [-0.2, 0) is 7.05 Å². The molecule has 0 saturated carbocycles. The van der Waals surface area contributed by atoms with Gasteiger partial charge in [-0.1, -0.05) is 6.07 Å². The number of halogens is 1. The van der Waals surface area contributed by atoms with E-state index in [-0.39, 0.29) is 28.5 Å². The third-order valence-corrected chi connectivity index (χ3v) is 3.57. The Kier molecular flexibility index (Phi) is 4.05. The first kappa shape index (κ1) is 16.4. The molecule has 1 aromatic carbocycles. The summed E-state index contributed by atoms with van der Waals surface area (Å²) in [4.78, 5) is 12.3. The topological polar surface area (TPSA) is 112 Å². The highest BCUT2D eigenvalue weighted by atomic mass is 19.1. The summed E-state index contributed by atoms with van der Waals surface area (Å²) in [6, 6.07) is 5.25. The maximum Gasteiger partial charge on any atom is 0.273 e. The molecule has 9 heteroatoms. The number of hydrogen-bond donors (Lipinski definition) is 2. The SMILES string of the molecule is COc1cccc(F)c1-n1nc(C(=N)c2cnn(C)c2)c(N)cc1=O. The number of nitrogens with zero attached hydrogens (tertiary/aromatic N) is 4. The number of hydrogen-bond acceptors (Lipinski definition) is 6. The van der Waals surface area contributed by atoms with Gasteiger partial charge in [-0.05, 0) is 12.1 Å². The van der Waals surface area contributed by atoms with Crippen LogP contribution in [-0.4, -0.2) is 32.4 Å². The number of aromatic nitrogens is 4. The van der Waals surface area contributed by atoms with Gasteiger partial charge in [-0.2, -0.15) is 14.9 Å². The molecule has 0 amide bonds. The molecular formula is C16H15FN6O2. The number of nitrogen functional groups attached to an aromatic ring is 1. The molecule has 128 valence electrons. The van der Waals surface area contributed by atoms with E-state index in [9.17, 15) is 9.18 Å². The van der Waals surface area contributed by atoms with Crippen LogP contribution in [0.4, 0.5) is 10.1 Å². The van der Waals surface area contributed by atoms with Crippen molar-refractivity contribution in [3.8, 4) is 11.4 Å². The molecule has 2 heterocycles. The lowest BCUT2D eigenvalue weighted by molar-refractivity contribution is 0.406. The molecule has 0 unspecified atom stereocenters. The highest BCUT2D eigenvalue weighted by Crippen LogP contribution is 2.24. The molecule has 0 aliphatic carbocycles. The van der Waals surface area contributed by atoms with Crippen molar-refractivity contribution in [2.45, 2.75) is 0 Å². The Bertz CT molecular complexity index is 1020. The Morgan fingerprint density at radius 3 is 2.80 bits per heavy atom. The van der Waals surface area contributed by atoms with Gasteiger partial charge in [0.25, 0.3) is 5.56 Å². The molecule has 2 aromatic heterocycles. The summed E-state index contributed by atoms with van der Waals surface area (Å²) in [5, 5.41) is 16.4. The number of methoxy groups -OCH3 is 1. The first-order chi connectivity index (χ1) is 11.9. The Morgan fingerprint density at radius 2 is 2.16 bits per heavy atom. The summed E-state index contributed by atoms with van der Waals surface area (Å²) in [5.74, 6) is -0.546. The number of anilines is 1. The van der Waals surface area contributed by atoms with Crippen molar-refractivity contribution < 1.29 is 9.13 Å². The average molecular weight is 342 g/mol. The van der Waals surface area contributed by atoms with E-state index in [2.05, 4.69) is 10.2 Å². The summed E-state index contributed by atoms with van der Waals surface area (Å²) in [6.45, 7) is 0. The lowest BCUT2D eigenvalue weighted by Gasteiger charge is -2.13. The van der Waals surface area contributed by atoms with Crippen molar-refractivity contribution in [2.24, 2.45) is 7.05 Å². The lowest BCUT2D eigenvalue weighted by Crippen LogP contribution is -2.26. The van der Waals surface area contributed by atoms with Crippen molar-refractivity contribution in [1.82, 2.24) is 19.6 Å². The summed E-state index contributed by atoms with van der Waals surface area (Å²) < 4.78 is 21.8. The zero-order chi connectivity index (χ0) is 18.1. The quantitative estimate of drug-likeness (QED) is 0.690. The van der Waals surface area contributed by atoms with Crippen LogP contribution in [0.3, 0.4) is 0 Å². The lowest BCUT2D eigenvalue weighted by atomic mass is 10.1. The smallest absolute Gasteiger partial charge is 0.273 e. The molecule has 0 aliphatic heterocycles. The molecule has 25 heavy (non-hydrogen) atoms. The van der Waals surface area contributed by atoms with E-state index >= 15 is 0 Å². The van der Waals surface area contributed by atoms with Gasteiger partial charge in [0.05, 0.1) is 24.7 Å². The number of nitrogens with one attached hydrogen (secondary N) is 1. The Labute approximate surface area is 141 Å². The van der Waals surface area contributed by atoms with Crippen molar-refractivity contribution in [1.29, 1.82) is 5.41 Å². The fourth-order valence-corrected chi connectivity index (χ4v) is 2.38. The summed E-state index contributed by atoms with van der Waals surface area (Å²) in [5.41, 5.74) is 5.57. The van der Waals surface area contributed by atoms with Crippen LogP contribution in [0.1, 0.15) is 11.3 Å². The van der Waals surface area contributed by atoms with Gasteiger partial charge in [0, 0.05) is 24.9 Å². The fraction of sp³-hybridized carbons (Fsp3) is 0.125. The highest BCUT2D eigenvalue weighted by molar-refractivity contribution is 6.12. The van der Waals surface area contributed by atoms with E-state index in [1.54, 1.807) is 13.2 Å². The fourth-order valence-electron chi connectivity index (χ4n) is 2.38. The van der Waals surface area contributed by atoms with Gasteiger partial charge in [0.2, 0.25) is 0 Å². The molecular weight excluding hydrogens is 327 g/mol. The van der Waals surface area contributed by atoms with Crippen molar-refractivity contribution >= 4 is 11.4 Å². The minimum Gasteiger partial charge on any atom is -0.494 e. The van der Waals surface area contributed by atoms with E-state index in [0.717, 1.165) is 10.7 Å². The van der Waals surface area contributed by atoms with Crippen LogP contribution in [0, 0.1) is 11.2 Å². The second-order valence-corrected chi connectivity index (χ2v) is 5.27. The number of nitrogens with two attached hydrogens (primary N) is 1. The molecule has 0 aliphatic rings. The van der Waals surface area contributed by atoms with Crippen LogP contribution in [0.15, 0.2) is 41.5 Å². The standard InChI is InChI=1S/C16H15FN6O2/c1-22-8-9(7-20-22)14(19)15-11(18)6-13(24)23(21-15)16-10(17)4-3-5-12(16)25-2/h3-8,19H,18H2,1-2H3. The number of para-hydroxylation sites is 1. The van der Waals surface area contributed by atoms with Gasteiger partial charge in [-0.15, -0.1) is 0 Å². The zero-order valence-electron chi connectivity index (χ0n) is 13.5. The molecule has 0 spiro atoms. The molecule has 0 fully saturated rings. The third kappa shape index (κ3) is 2.87. The van der Waals surface area contributed by atoms with E-state index in [1.807, 2.05) is 0 Å². The molecule has 0 saturated heterocycles. The van der Waals surface area contributed by atoms with Gasteiger partial charge < -0.3 is 10.5 Å². The van der Waals surface area contributed by atoms with E-state index < -0.39 is 11.4 Å². The normalized spacial score (nSPS) is 10.7. The number of rotatable bonds is 4. The molecule has 8 nitrogen and oxygen atoms in total. The van der Waals surface area contributed by atoms with Crippen LogP contribution in [0.2, 0.25) is 0 Å². The Morgan fingerprint density at radius 1 is 1.40 bits per heavy atom. The van der Waals surface area contributed by atoms with Crippen LogP contribution >= 0.6 is 0 Å². The predicted octanol–water partition coefficient (Wildman–Crippen LogP) is 1.11. The zero-order valence-corrected chi connectivity index (χ0v) is 13.5. The van der Waals surface area contributed by atoms with E-state index in [4.69, 9.17) is 15.9 Å². The summed E-state index contributed by atoms with van der Waals surface area (Å²) in [6.07, 6.45) is 3.09. The Balaban J connectivity index is 2.21. The van der Waals surface area contributed by atoms with Gasteiger partial charge >= 0.3 is 0 Å². The highest BCUT2D eigenvalue weighted by Gasteiger charge is 2.19. The molecule has 3 aromatic rings. The first-order valence-electron chi connectivity index (χ1n) is 7.23. The van der Waals surface area contributed by atoms with Crippen LogP contribution < -0.4 is 16.0 Å². The van der Waals surface area contributed by atoms with Crippen molar-refractivity contribution in [3.63, 3.8) is 0 Å². The first-order valence-corrected chi connectivity index (χ1v) is 7.23. The van der Waals surface area contributed by atoms with Crippen LogP contribution in [0.5, 0.6) is 5.75 Å². The van der Waals surface area contributed by atoms with Crippen molar-refractivity contribution in [2.75, 3.05) is 12.8 Å². The van der Waals surface area contributed by atoms with Crippen molar-refractivity contribution in [3.05, 3.63) is 64.1 Å². The monoisotopic (exact) mass is 342 g/mol. The number of benzene rings is 1. The molecule has 0 radical (unpaired) electrons. The van der Waals surface area contributed by atoms with Crippen LogP contribution in [0.25, 0.3) is 5.69 Å². The van der Waals surface area contributed by atoms with E-state index in [1.165, 1.54) is 36.2 Å². The summed E-state index contributed by atoms with van der Waals surface area (Å²) in [7, 11) is 3.07. The minimum atomic E-state index is -0.683. The minimum absolute atomic E-state index is 0.0189. The molecule has 3 N–H and O–H groups in total. The van der Waals surface area contributed by atoms with Gasteiger partial charge in [0.1, 0.15) is 17.1 Å². The third-order valence-electron chi connectivity index (χ3n) is 3.57. The maximum absolute atomic E-state index is 14.3. The predicted molar refractivity (Wildman–Crippen MR) is 89.9 cm³/mol. The average Bonchev–Trinajstić information content (AvgIpc) is 3.01. The Hall–Kier alpha value is -3.49. The summed E-state index contributed by atoms with van der Waals surface area (Å²) >= 11 is 0. The van der Waals surface area contributed by atoms with Gasteiger partial charge in [0.15, 0.2) is 5.82 Å². The number of ether oxygens (including phenoxy) is 1. The number of aryl methyl sites for hydroxylation is 1. The molecule has 3 rings (SSSR count). The van der Waals surface area contributed by atoms with Gasteiger partial charge in [-0.3, -0.25) is 14.9 Å². The van der Waals surface area contributed by atoms with Gasteiger partial charge in [-0.25, -0.2) is 4.39 Å². The largest absolute Gasteiger partial charge is 0.494 e. The molecule has 0 bridgehead atoms.